The first-order valence-corrected chi connectivity index (χ1v) is 6.24. The fourth-order valence-corrected chi connectivity index (χ4v) is 1.30. The second kappa shape index (κ2) is 10.5. The van der Waals surface area contributed by atoms with Gasteiger partial charge in [0.05, 0.1) is 0 Å². The van der Waals surface area contributed by atoms with Gasteiger partial charge in [-0.15, -0.1) is 0 Å². The van der Waals surface area contributed by atoms with Crippen LogP contribution in [0.4, 0.5) is 0 Å². The normalized spacial score (nSPS) is 12.1. The van der Waals surface area contributed by atoms with Gasteiger partial charge >= 0.3 is 5.97 Å². The Morgan fingerprint density at radius 3 is 2.44 bits per heavy atom. The Morgan fingerprint density at radius 1 is 1.19 bits per heavy atom. The van der Waals surface area contributed by atoms with Crippen LogP contribution in [0.2, 0.25) is 0 Å². The van der Waals surface area contributed by atoms with Gasteiger partial charge in [0.1, 0.15) is 5.76 Å². The fourth-order valence-electron chi connectivity index (χ4n) is 1.30. The van der Waals surface area contributed by atoms with Crippen molar-refractivity contribution in [1.29, 1.82) is 0 Å². The number of carbonyl (C=O) groups excluding carboxylic acids is 1. The number of unbranched alkanes of at least 4 members (excludes halogenated alkanes) is 3. The van der Waals surface area contributed by atoms with Crippen molar-refractivity contribution < 1.29 is 9.53 Å². The molecule has 2 heteroatoms. The first-order valence-electron chi connectivity index (χ1n) is 6.24. The van der Waals surface area contributed by atoms with E-state index >= 15 is 0 Å². The topological polar surface area (TPSA) is 26.3 Å². The highest BCUT2D eigenvalue weighted by atomic mass is 16.5. The quantitative estimate of drug-likeness (QED) is 0.265. The van der Waals surface area contributed by atoms with Crippen LogP contribution in [-0.4, -0.2) is 5.97 Å². The zero-order valence-electron chi connectivity index (χ0n) is 10.8. The molecule has 0 spiro atoms. The third-order valence-corrected chi connectivity index (χ3v) is 2.19. The largest absolute Gasteiger partial charge is 0.431 e. The average Bonchev–Trinajstić information content (AvgIpc) is 2.24. The minimum atomic E-state index is -0.232. The smallest absolute Gasteiger partial charge is 0.307 e. The molecule has 0 atom stereocenters. The Morgan fingerprint density at radius 2 is 1.88 bits per heavy atom. The van der Waals surface area contributed by atoms with E-state index in [2.05, 4.69) is 19.9 Å². The number of hydrogen-bond acceptors (Lipinski definition) is 2. The van der Waals surface area contributed by atoms with Gasteiger partial charge in [-0.25, -0.2) is 0 Å². The summed E-state index contributed by atoms with van der Waals surface area (Å²) in [6.07, 6.45) is 12.5. The highest BCUT2D eigenvalue weighted by Gasteiger charge is 2.00. The number of hydrogen-bond donors (Lipinski definition) is 0. The van der Waals surface area contributed by atoms with E-state index < -0.39 is 0 Å². The molecule has 16 heavy (non-hydrogen) atoms. The number of ether oxygens (including phenoxy) is 1. The summed E-state index contributed by atoms with van der Waals surface area (Å²) >= 11 is 0. The van der Waals surface area contributed by atoms with Gasteiger partial charge in [0.25, 0.3) is 0 Å². The molecule has 2 nitrogen and oxygen atoms in total. The maximum Gasteiger partial charge on any atom is 0.307 e. The van der Waals surface area contributed by atoms with Crippen LogP contribution in [0.15, 0.2) is 24.0 Å². The Kier molecular flexibility index (Phi) is 9.78. The van der Waals surface area contributed by atoms with Gasteiger partial charge < -0.3 is 4.74 Å². The predicted molar refractivity (Wildman–Crippen MR) is 68.0 cm³/mol. The molecular formula is C14H24O2. The van der Waals surface area contributed by atoms with Crippen LogP contribution >= 0.6 is 0 Å². The maximum atomic E-state index is 10.9. The van der Waals surface area contributed by atoms with Crippen molar-refractivity contribution >= 4 is 5.97 Å². The van der Waals surface area contributed by atoms with Crippen molar-refractivity contribution in [3.8, 4) is 0 Å². The minimum Gasteiger partial charge on any atom is -0.431 e. The molecule has 0 saturated heterocycles. The maximum absolute atomic E-state index is 10.9. The standard InChI is InChI=1S/C14H24O2/c1-4-6-8-9-10-12-14(11-7-5-2)16-13(3)15/h9-10,12H,4-8,11H2,1-3H3. The molecule has 0 aliphatic carbocycles. The zero-order chi connectivity index (χ0) is 12.2. The van der Waals surface area contributed by atoms with E-state index in [9.17, 15) is 4.79 Å². The molecule has 0 rings (SSSR count). The second-order valence-corrected chi connectivity index (χ2v) is 3.90. The van der Waals surface area contributed by atoms with E-state index in [0.29, 0.717) is 0 Å². The lowest BCUT2D eigenvalue weighted by molar-refractivity contribution is -0.137. The third kappa shape index (κ3) is 9.50. The summed E-state index contributed by atoms with van der Waals surface area (Å²) in [5.41, 5.74) is 0. The van der Waals surface area contributed by atoms with Crippen LogP contribution in [0, 0.1) is 0 Å². The van der Waals surface area contributed by atoms with Crippen molar-refractivity contribution in [1.82, 2.24) is 0 Å². The van der Waals surface area contributed by atoms with Crippen molar-refractivity contribution in [3.63, 3.8) is 0 Å². The zero-order valence-corrected chi connectivity index (χ0v) is 10.8. The van der Waals surface area contributed by atoms with Crippen LogP contribution in [0.5, 0.6) is 0 Å². The van der Waals surface area contributed by atoms with Gasteiger partial charge in [-0.3, -0.25) is 4.79 Å². The lowest BCUT2D eigenvalue weighted by Gasteiger charge is -2.04. The molecule has 0 saturated carbocycles. The molecule has 0 radical (unpaired) electrons. The van der Waals surface area contributed by atoms with Gasteiger partial charge in [-0.05, 0) is 18.9 Å². The second-order valence-electron chi connectivity index (χ2n) is 3.90. The fraction of sp³-hybridized carbons (Fsp3) is 0.643. The Labute approximate surface area is 99.4 Å². The van der Waals surface area contributed by atoms with Crippen LogP contribution in [0.1, 0.15) is 59.3 Å². The van der Waals surface area contributed by atoms with E-state index in [4.69, 9.17) is 4.74 Å². The van der Waals surface area contributed by atoms with Gasteiger partial charge in [0.15, 0.2) is 0 Å². The van der Waals surface area contributed by atoms with E-state index in [1.807, 2.05) is 12.2 Å². The molecule has 92 valence electrons. The summed E-state index contributed by atoms with van der Waals surface area (Å²) in [6.45, 7) is 5.75. The molecule has 0 unspecified atom stereocenters. The first kappa shape index (κ1) is 14.9. The van der Waals surface area contributed by atoms with Crippen molar-refractivity contribution in [2.75, 3.05) is 0 Å². The Balaban J connectivity index is 4.09. The Bertz CT molecular complexity index is 239. The van der Waals surface area contributed by atoms with E-state index in [0.717, 1.165) is 31.4 Å². The molecule has 0 heterocycles. The summed E-state index contributed by atoms with van der Waals surface area (Å²) in [4.78, 5) is 10.9. The molecule has 0 aliphatic heterocycles. The summed E-state index contributed by atoms with van der Waals surface area (Å²) in [7, 11) is 0. The molecule has 0 aromatic rings. The molecule has 0 bridgehead atoms. The van der Waals surface area contributed by atoms with Crippen LogP contribution in [-0.2, 0) is 9.53 Å². The van der Waals surface area contributed by atoms with Crippen LogP contribution < -0.4 is 0 Å². The van der Waals surface area contributed by atoms with E-state index in [1.54, 1.807) is 0 Å². The number of rotatable bonds is 8. The predicted octanol–water partition coefficient (Wildman–Crippen LogP) is 4.37. The molecule has 0 amide bonds. The van der Waals surface area contributed by atoms with Gasteiger partial charge in [-0.1, -0.05) is 45.3 Å². The molecule has 0 N–H and O–H groups in total. The van der Waals surface area contributed by atoms with Gasteiger partial charge in [0.2, 0.25) is 0 Å². The monoisotopic (exact) mass is 224 g/mol. The SMILES string of the molecule is CCCCC=CC=C(CCCC)OC(C)=O. The summed E-state index contributed by atoms with van der Waals surface area (Å²) in [6, 6.07) is 0. The lowest BCUT2D eigenvalue weighted by atomic mass is 10.2. The Hall–Kier alpha value is -1.05. The lowest BCUT2D eigenvalue weighted by Crippen LogP contribution is -1.98. The number of esters is 1. The molecule has 0 fully saturated rings. The summed E-state index contributed by atoms with van der Waals surface area (Å²) < 4.78 is 5.13. The van der Waals surface area contributed by atoms with Crippen LogP contribution in [0.25, 0.3) is 0 Å². The van der Waals surface area contributed by atoms with E-state index in [-0.39, 0.29) is 5.97 Å². The number of allylic oxidation sites excluding steroid dienone is 4. The highest BCUT2D eigenvalue weighted by molar-refractivity contribution is 5.67. The van der Waals surface area contributed by atoms with Crippen molar-refractivity contribution in [3.05, 3.63) is 24.0 Å². The third-order valence-electron chi connectivity index (χ3n) is 2.19. The van der Waals surface area contributed by atoms with Gasteiger partial charge in [-0.2, -0.15) is 0 Å². The molecular weight excluding hydrogens is 200 g/mol. The highest BCUT2D eigenvalue weighted by Crippen LogP contribution is 2.09. The first-order chi connectivity index (χ1) is 7.70. The van der Waals surface area contributed by atoms with Crippen LogP contribution in [0.3, 0.4) is 0 Å². The number of carbonyl (C=O) groups is 1. The summed E-state index contributed by atoms with van der Waals surface area (Å²) in [5, 5.41) is 0. The average molecular weight is 224 g/mol. The molecule has 0 aliphatic rings. The van der Waals surface area contributed by atoms with Gasteiger partial charge in [0, 0.05) is 13.3 Å². The summed E-state index contributed by atoms with van der Waals surface area (Å²) in [5.74, 6) is 0.548. The van der Waals surface area contributed by atoms with E-state index in [1.165, 1.54) is 19.8 Å². The minimum absolute atomic E-state index is 0.232. The molecule has 0 aromatic heterocycles. The molecule has 0 aromatic carbocycles. The van der Waals surface area contributed by atoms with Crippen molar-refractivity contribution in [2.45, 2.75) is 59.3 Å². The van der Waals surface area contributed by atoms with Crippen molar-refractivity contribution in [2.24, 2.45) is 0 Å².